The number of ether oxygens (including phenoxy) is 1. The molecule has 2 heterocycles. The molecule has 2 N–H and O–H groups in total. The summed E-state index contributed by atoms with van der Waals surface area (Å²) in [5, 5.41) is 5.31. The lowest BCUT2D eigenvalue weighted by atomic mass is 10.1. The maximum atomic E-state index is 12.3. The van der Waals surface area contributed by atoms with Crippen molar-refractivity contribution in [3.8, 4) is 0 Å². The number of nitrogens with one attached hydrogen (secondary N) is 2. The highest BCUT2D eigenvalue weighted by atomic mass is 16.5. The van der Waals surface area contributed by atoms with E-state index in [4.69, 9.17) is 4.74 Å². The van der Waals surface area contributed by atoms with Gasteiger partial charge < -0.3 is 19.9 Å². The molecular weight excluding hydrogens is 326 g/mol. The number of unbranched alkanes of at least 4 members (excludes halogenated alkanes) is 2. The summed E-state index contributed by atoms with van der Waals surface area (Å²) in [6.45, 7) is 6.23. The van der Waals surface area contributed by atoms with Gasteiger partial charge in [-0.3, -0.25) is 14.9 Å². The Labute approximate surface area is 147 Å². The summed E-state index contributed by atoms with van der Waals surface area (Å²) < 4.78 is 5.23. The van der Waals surface area contributed by atoms with Crippen molar-refractivity contribution in [3.05, 3.63) is 12.7 Å². The molecule has 0 bridgehead atoms. The Kier molecular flexibility index (Phi) is 6.37. The number of aliphatic imine (C=N–C) groups is 1. The van der Waals surface area contributed by atoms with Crippen LogP contribution in [-0.4, -0.2) is 72.6 Å². The van der Waals surface area contributed by atoms with E-state index in [9.17, 15) is 14.4 Å². The summed E-state index contributed by atoms with van der Waals surface area (Å²) in [6, 6.07) is -1.24. The molecule has 2 aliphatic rings. The minimum Gasteiger partial charge on any atom is -0.464 e. The maximum Gasteiger partial charge on any atom is 0.325 e. The standard InChI is InChI=1S/C16H25N5O4/c1-4-6-7-9-25-11(22)10-21-12-13(18-15(21)17-8-5-2)20(3)16(24)19-14(12)23/h5,12-13H,2,4,6-10H2,1,3H3,(H,17,18)(H,19,23,24). The van der Waals surface area contributed by atoms with Crippen LogP contribution in [0, 0.1) is 0 Å². The van der Waals surface area contributed by atoms with Crippen LogP contribution in [0.15, 0.2) is 17.6 Å². The van der Waals surface area contributed by atoms with E-state index in [1.54, 1.807) is 13.1 Å². The number of esters is 1. The summed E-state index contributed by atoms with van der Waals surface area (Å²) in [5.74, 6) is -0.530. The van der Waals surface area contributed by atoms with Crippen LogP contribution < -0.4 is 10.6 Å². The van der Waals surface area contributed by atoms with Gasteiger partial charge in [-0.15, -0.1) is 6.58 Å². The quantitative estimate of drug-likeness (QED) is 0.364. The molecule has 138 valence electrons. The fourth-order valence-corrected chi connectivity index (χ4v) is 2.77. The monoisotopic (exact) mass is 351 g/mol. The SMILES string of the molecule is C=CCN=C1NC2C(C(=O)NC(=O)N2C)N1CC(=O)OCCCCC. The molecule has 2 atom stereocenters. The normalized spacial score (nSPS) is 24.0. The molecular formula is C16H25N5O4. The third-order valence-electron chi connectivity index (χ3n) is 4.10. The first kappa shape index (κ1) is 18.8. The molecule has 2 unspecified atom stereocenters. The number of hydrogen-bond donors (Lipinski definition) is 2. The third kappa shape index (κ3) is 4.28. The maximum absolute atomic E-state index is 12.3. The molecule has 0 aromatic carbocycles. The minimum absolute atomic E-state index is 0.119. The average molecular weight is 351 g/mol. The summed E-state index contributed by atoms with van der Waals surface area (Å²) in [6.07, 6.45) is 3.85. The fraction of sp³-hybridized carbons (Fsp3) is 0.625. The average Bonchev–Trinajstić information content (AvgIpc) is 2.94. The van der Waals surface area contributed by atoms with Crippen molar-refractivity contribution in [1.29, 1.82) is 0 Å². The van der Waals surface area contributed by atoms with E-state index in [1.165, 1.54) is 9.80 Å². The molecule has 0 spiro atoms. The van der Waals surface area contributed by atoms with Crippen LogP contribution in [-0.2, 0) is 14.3 Å². The van der Waals surface area contributed by atoms with Crippen LogP contribution in [0.25, 0.3) is 0 Å². The molecule has 0 aliphatic carbocycles. The van der Waals surface area contributed by atoms with Crippen LogP contribution in [0.4, 0.5) is 4.79 Å². The second-order valence-corrected chi connectivity index (χ2v) is 5.95. The number of imide groups is 1. The van der Waals surface area contributed by atoms with Gasteiger partial charge in [0.25, 0.3) is 5.91 Å². The van der Waals surface area contributed by atoms with Gasteiger partial charge in [0.1, 0.15) is 12.7 Å². The van der Waals surface area contributed by atoms with Gasteiger partial charge in [0.2, 0.25) is 0 Å². The van der Waals surface area contributed by atoms with E-state index in [-0.39, 0.29) is 6.54 Å². The van der Waals surface area contributed by atoms with Crippen molar-refractivity contribution in [2.45, 2.75) is 38.4 Å². The highest BCUT2D eigenvalue weighted by Crippen LogP contribution is 2.20. The molecule has 2 saturated heterocycles. The predicted octanol–water partition coefficient (Wildman–Crippen LogP) is 0.0433. The van der Waals surface area contributed by atoms with Crippen molar-refractivity contribution in [3.63, 3.8) is 0 Å². The Balaban J connectivity index is 2.10. The van der Waals surface area contributed by atoms with Crippen LogP contribution in [0.3, 0.4) is 0 Å². The summed E-state index contributed by atoms with van der Waals surface area (Å²) in [5.41, 5.74) is 0. The van der Waals surface area contributed by atoms with Gasteiger partial charge in [-0.05, 0) is 6.42 Å². The number of nitrogens with zero attached hydrogens (tertiary/aromatic N) is 3. The number of likely N-dealkylation sites (N-methyl/N-ethyl adjacent to an activating group) is 1. The zero-order valence-electron chi connectivity index (χ0n) is 14.7. The van der Waals surface area contributed by atoms with Gasteiger partial charge in [-0.2, -0.15) is 0 Å². The number of fused-ring (bicyclic) bond motifs is 1. The van der Waals surface area contributed by atoms with Crippen LogP contribution in [0.2, 0.25) is 0 Å². The smallest absolute Gasteiger partial charge is 0.325 e. The van der Waals surface area contributed by atoms with E-state index in [0.29, 0.717) is 19.1 Å². The lowest BCUT2D eigenvalue weighted by Gasteiger charge is -2.34. The van der Waals surface area contributed by atoms with Crippen LogP contribution in [0.5, 0.6) is 0 Å². The molecule has 2 rings (SSSR count). The van der Waals surface area contributed by atoms with Crippen molar-refractivity contribution < 1.29 is 19.1 Å². The first-order valence-corrected chi connectivity index (χ1v) is 8.41. The first-order chi connectivity index (χ1) is 12.0. The summed E-state index contributed by atoms with van der Waals surface area (Å²) in [4.78, 5) is 43.4. The lowest BCUT2D eigenvalue weighted by molar-refractivity contribution is -0.145. The second kappa shape index (κ2) is 8.50. The Morgan fingerprint density at radius 3 is 2.84 bits per heavy atom. The minimum atomic E-state index is -0.741. The molecule has 0 saturated carbocycles. The van der Waals surface area contributed by atoms with E-state index >= 15 is 0 Å². The van der Waals surface area contributed by atoms with E-state index in [0.717, 1.165) is 19.3 Å². The first-order valence-electron chi connectivity index (χ1n) is 8.41. The van der Waals surface area contributed by atoms with E-state index in [2.05, 4.69) is 29.1 Å². The molecule has 9 nitrogen and oxygen atoms in total. The van der Waals surface area contributed by atoms with Crippen molar-refractivity contribution >= 4 is 23.9 Å². The molecule has 0 aromatic rings. The zero-order chi connectivity index (χ0) is 18.4. The molecule has 2 fully saturated rings. The van der Waals surface area contributed by atoms with E-state index in [1.807, 2.05) is 0 Å². The number of guanidine groups is 1. The molecule has 0 radical (unpaired) electrons. The number of hydrogen-bond acceptors (Lipinski definition) is 5. The lowest BCUT2D eigenvalue weighted by Crippen LogP contribution is -2.65. The van der Waals surface area contributed by atoms with Crippen molar-refractivity contribution in [1.82, 2.24) is 20.4 Å². The van der Waals surface area contributed by atoms with Crippen molar-refractivity contribution in [2.24, 2.45) is 4.99 Å². The predicted molar refractivity (Wildman–Crippen MR) is 91.7 cm³/mol. The highest BCUT2D eigenvalue weighted by molar-refractivity contribution is 6.04. The Morgan fingerprint density at radius 1 is 1.40 bits per heavy atom. The number of urea groups is 1. The molecule has 0 aromatic heterocycles. The fourth-order valence-electron chi connectivity index (χ4n) is 2.77. The number of carbonyl (C=O) groups is 3. The Morgan fingerprint density at radius 2 is 2.16 bits per heavy atom. The molecule has 3 amide bonds. The Hall–Kier alpha value is -2.58. The van der Waals surface area contributed by atoms with Gasteiger partial charge in [-0.1, -0.05) is 25.8 Å². The van der Waals surface area contributed by atoms with Gasteiger partial charge in [0.05, 0.1) is 13.2 Å². The highest BCUT2D eigenvalue weighted by Gasteiger charge is 2.50. The Bertz CT molecular complexity index is 577. The zero-order valence-corrected chi connectivity index (χ0v) is 14.7. The van der Waals surface area contributed by atoms with Gasteiger partial charge in [-0.25, -0.2) is 9.79 Å². The van der Waals surface area contributed by atoms with E-state index < -0.39 is 30.1 Å². The molecule has 25 heavy (non-hydrogen) atoms. The van der Waals surface area contributed by atoms with Gasteiger partial charge in [0.15, 0.2) is 12.0 Å². The number of amides is 3. The van der Waals surface area contributed by atoms with Gasteiger partial charge >= 0.3 is 12.0 Å². The topological polar surface area (TPSA) is 103 Å². The van der Waals surface area contributed by atoms with Crippen molar-refractivity contribution in [2.75, 3.05) is 26.7 Å². The second-order valence-electron chi connectivity index (χ2n) is 5.95. The summed E-state index contributed by atoms with van der Waals surface area (Å²) in [7, 11) is 1.57. The molecule has 9 heteroatoms. The van der Waals surface area contributed by atoms with Gasteiger partial charge in [0, 0.05) is 7.05 Å². The number of rotatable bonds is 8. The van der Waals surface area contributed by atoms with Crippen LogP contribution >= 0.6 is 0 Å². The van der Waals surface area contributed by atoms with Crippen LogP contribution in [0.1, 0.15) is 26.2 Å². The molecule has 2 aliphatic heterocycles. The number of carbonyl (C=O) groups excluding carboxylic acids is 3. The largest absolute Gasteiger partial charge is 0.464 e. The summed E-state index contributed by atoms with van der Waals surface area (Å²) >= 11 is 0. The third-order valence-corrected chi connectivity index (χ3v) is 4.10.